The van der Waals surface area contributed by atoms with Crippen molar-refractivity contribution in [2.45, 2.75) is 6.54 Å². The van der Waals surface area contributed by atoms with E-state index in [1.807, 2.05) is 24.4 Å². The van der Waals surface area contributed by atoms with Crippen molar-refractivity contribution in [2.24, 2.45) is 0 Å². The number of hydrogen-bond acceptors (Lipinski definition) is 3. The maximum absolute atomic E-state index is 13.3. The summed E-state index contributed by atoms with van der Waals surface area (Å²) in [5.41, 5.74) is 4.18. The number of sulfonamides is 1. The minimum absolute atomic E-state index is 0.106. The molecule has 4 rings (SSSR count). The van der Waals surface area contributed by atoms with Crippen LogP contribution < -0.4 is 4.72 Å². The fourth-order valence-corrected chi connectivity index (χ4v) is 3.25. The van der Waals surface area contributed by atoms with Crippen LogP contribution in [-0.4, -0.2) is 29.6 Å². The summed E-state index contributed by atoms with van der Waals surface area (Å²) < 4.78 is 38.1. The molecule has 0 bridgehead atoms. The second-order valence-corrected chi connectivity index (χ2v) is 7.73. The molecule has 0 radical (unpaired) electrons. The van der Waals surface area contributed by atoms with Crippen molar-refractivity contribution < 1.29 is 12.8 Å². The molecule has 0 spiro atoms. The minimum Gasteiger partial charge on any atom is -0.360 e. The van der Waals surface area contributed by atoms with Crippen molar-refractivity contribution in [3.8, 4) is 11.1 Å². The van der Waals surface area contributed by atoms with Crippen LogP contribution in [0.4, 0.5) is 4.39 Å². The Morgan fingerprint density at radius 2 is 2.00 bits per heavy atom. The first kappa shape index (κ1) is 15.8. The number of nitrogens with zero attached hydrogens (tertiary/aromatic N) is 1. The van der Waals surface area contributed by atoms with E-state index in [0.29, 0.717) is 5.82 Å². The van der Waals surface area contributed by atoms with Crippen molar-refractivity contribution >= 4 is 32.0 Å². The third-order valence-electron chi connectivity index (χ3n) is 3.99. The molecular weight excluding hydrogens is 343 g/mol. The lowest BCUT2D eigenvalue weighted by molar-refractivity contribution is 0.586. The number of halogens is 1. The lowest BCUT2D eigenvalue weighted by Gasteiger charge is -2.00. The normalized spacial score (nSPS) is 12.2. The molecule has 0 atom stereocenters. The molecular formula is C17H15FN4O2S. The van der Waals surface area contributed by atoms with E-state index in [1.165, 1.54) is 12.1 Å². The maximum Gasteiger partial charge on any atom is 0.209 e. The predicted molar refractivity (Wildman–Crippen MR) is 95.0 cm³/mol. The van der Waals surface area contributed by atoms with Crippen LogP contribution in [0.15, 0.2) is 42.6 Å². The second kappa shape index (κ2) is 5.68. The summed E-state index contributed by atoms with van der Waals surface area (Å²) in [4.78, 5) is 10.6. The average Bonchev–Trinajstić information content (AvgIpc) is 3.14. The zero-order chi connectivity index (χ0) is 17.6. The fraction of sp³-hybridized carbons (Fsp3) is 0.118. The summed E-state index contributed by atoms with van der Waals surface area (Å²) in [6, 6.07) is 10.4. The van der Waals surface area contributed by atoms with Gasteiger partial charge in [-0.3, -0.25) is 0 Å². The van der Waals surface area contributed by atoms with Crippen LogP contribution in [0.3, 0.4) is 0 Å². The molecule has 0 aliphatic heterocycles. The van der Waals surface area contributed by atoms with Crippen LogP contribution in [0.2, 0.25) is 0 Å². The van der Waals surface area contributed by atoms with Crippen LogP contribution >= 0.6 is 0 Å². The van der Waals surface area contributed by atoms with E-state index < -0.39 is 10.0 Å². The van der Waals surface area contributed by atoms with Crippen molar-refractivity contribution in [3.63, 3.8) is 0 Å². The van der Waals surface area contributed by atoms with Gasteiger partial charge >= 0.3 is 0 Å². The standard InChI is InChI=1S/C17H15FN4O2S/c1-25(23,24)20-9-17-21-14-5-2-10(6-16(14)22-17)13-8-19-15-7-11(18)3-4-12(13)15/h2-8,19-20H,9H2,1H3,(H,21,22). The van der Waals surface area contributed by atoms with Crippen LogP contribution in [-0.2, 0) is 16.6 Å². The molecule has 3 N–H and O–H groups in total. The van der Waals surface area contributed by atoms with Crippen molar-refractivity contribution in [1.29, 1.82) is 0 Å². The number of rotatable bonds is 4. The molecule has 2 aromatic heterocycles. The van der Waals surface area contributed by atoms with Gasteiger partial charge in [0.15, 0.2) is 0 Å². The average molecular weight is 358 g/mol. The summed E-state index contributed by atoms with van der Waals surface area (Å²) in [5.74, 6) is 0.255. The molecule has 0 fully saturated rings. The lowest BCUT2D eigenvalue weighted by atomic mass is 10.0. The Kier molecular flexibility index (Phi) is 3.59. The molecule has 6 nitrogen and oxygen atoms in total. The van der Waals surface area contributed by atoms with Gasteiger partial charge in [-0.15, -0.1) is 0 Å². The highest BCUT2D eigenvalue weighted by Crippen LogP contribution is 2.30. The molecule has 25 heavy (non-hydrogen) atoms. The van der Waals surface area contributed by atoms with E-state index in [-0.39, 0.29) is 12.4 Å². The van der Waals surface area contributed by atoms with Crippen LogP contribution in [0.1, 0.15) is 5.82 Å². The fourth-order valence-electron chi connectivity index (χ4n) is 2.85. The Bertz CT molecular complexity index is 1190. The van der Waals surface area contributed by atoms with Gasteiger partial charge < -0.3 is 9.97 Å². The highest BCUT2D eigenvalue weighted by Gasteiger charge is 2.10. The summed E-state index contributed by atoms with van der Waals surface area (Å²) in [5, 5.41) is 0.926. The van der Waals surface area contributed by atoms with E-state index in [9.17, 15) is 12.8 Å². The summed E-state index contributed by atoms with van der Waals surface area (Å²) in [6.07, 6.45) is 2.94. The summed E-state index contributed by atoms with van der Waals surface area (Å²) in [6.45, 7) is 0.106. The zero-order valence-corrected chi connectivity index (χ0v) is 14.1. The van der Waals surface area contributed by atoms with Gasteiger partial charge in [0.2, 0.25) is 10.0 Å². The van der Waals surface area contributed by atoms with Crippen LogP contribution in [0.25, 0.3) is 33.1 Å². The number of benzene rings is 2. The molecule has 0 aliphatic rings. The van der Waals surface area contributed by atoms with Crippen molar-refractivity contribution in [1.82, 2.24) is 19.7 Å². The molecule has 0 saturated heterocycles. The SMILES string of the molecule is CS(=O)(=O)NCc1nc2cc(-c3c[nH]c4cc(F)ccc34)ccc2[nH]1. The number of nitrogens with one attached hydrogen (secondary N) is 3. The van der Waals surface area contributed by atoms with Gasteiger partial charge in [-0.25, -0.2) is 22.5 Å². The van der Waals surface area contributed by atoms with E-state index >= 15 is 0 Å². The predicted octanol–water partition coefficient (Wildman–Crippen LogP) is 2.90. The Labute approximate surface area is 143 Å². The molecule has 0 aliphatic carbocycles. The van der Waals surface area contributed by atoms with Gasteiger partial charge in [0.05, 0.1) is 23.8 Å². The lowest BCUT2D eigenvalue weighted by Crippen LogP contribution is -2.21. The van der Waals surface area contributed by atoms with E-state index in [4.69, 9.17) is 0 Å². The number of fused-ring (bicyclic) bond motifs is 2. The van der Waals surface area contributed by atoms with Crippen molar-refractivity contribution in [2.75, 3.05) is 6.26 Å². The first-order chi connectivity index (χ1) is 11.9. The Hall–Kier alpha value is -2.71. The maximum atomic E-state index is 13.3. The number of aromatic nitrogens is 3. The number of imidazole rings is 1. The summed E-state index contributed by atoms with van der Waals surface area (Å²) in [7, 11) is -3.28. The smallest absolute Gasteiger partial charge is 0.209 e. The third kappa shape index (κ3) is 3.13. The van der Waals surface area contributed by atoms with Gasteiger partial charge in [0.1, 0.15) is 11.6 Å². The molecule has 0 unspecified atom stereocenters. The van der Waals surface area contributed by atoms with Crippen LogP contribution in [0.5, 0.6) is 0 Å². The second-order valence-electron chi connectivity index (χ2n) is 5.90. The number of aromatic amines is 2. The minimum atomic E-state index is -3.28. The molecule has 8 heteroatoms. The number of hydrogen-bond donors (Lipinski definition) is 3. The van der Waals surface area contributed by atoms with Crippen molar-refractivity contribution in [3.05, 3.63) is 54.2 Å². The van der Waals surface area contributed by atoms with E-state index in [1.54, 1.807) is 6.07 Å². The molecule has 128 valence electrons. The zero-order valence-electron chi connectivity index (χ0n) is 13.3. The Morgan fingerprint density at radius 1 is 1.16 bits per heavy atom. The number of H-pyrrole nitrogens is 2. The summed E-state index contributed by atoms with van der Waals surface area (Å²) >= 11 is 0. The van der Waals surface area contributed by atoms with Gasteiger partial charge in [0, 0.05) is 22.7 Å². The first-order valence-electron chi connectivity index (χ1n) is 7.59. The van der Waals surface area contributed by atoms with Crippen LogP contribution in [0, 0.1) is 5.82 Å². The highest BCUT2D eigenvalue weighted by atomic mass is 32.2. The highest BCUT2D eigenvalue weighted by molar-refractivity contribution is 7.88. The molecule has 4 aromatic rings. The first-order valence-corrected chi connectivity index (χ1v) is 9.48. The molecule has 0 amide bonds. The quantitative estimate of drug-likeness (QED) is 0.524. The van der Waals surface area contributed by atoms with E-state index in [0.717, 1.165) is 39.3 Å². The van der Waals surface area contributed by atoms with E-state index in [2.05, 4.69) is 19.7 Å². The topological polar surface area (TPSA) is 90.6 Å². The molecule has 2 aromatic carbocycles. The largest absolute Gasteiger partial charge is 0.360 e. The van der Waals surface area contributed by atoms with Gasteiger partial charge in [-0.2, -0.15) is 0 Å². The van der Waals surface area contributed by atoms with Gasteiger partial charge in [0.25, 0.3) is 0 Å². The van der Waals surface area contributed by atoms with Gasteiger partial charge in [-0.05, 0) is 35.9 Å². The third-order valence-corrected chi connectivity index (χ3v) is 4.66. The Balaban J connectivity index is 1.73. The Morgan fingerprint density at radius 3 is 2.80 bits per heavy atom. The molecule has 2 heterocycles. The monoisotopic (exact) mass is 358 g/mol. The van der Waals surface area contributed by atoms with Gasteiger partial charge in [-0.1, -0.05) is 6.07 Å². The molecule has 0 saturated carbocycles.